The molecule has 3 rings (SSSR count). The highest BCUT2D eigenvalue weighted by Crippen LogP contribution is 2.22. The van der Waals surface area contributed by atoms with Gasteiger partial charge in [-0.15, -0.1) is 11.3 Å². The summed E-state index contributed by atoms with van der Waals surface area (Å²) in [6.45, 7) is 4.34. The Hall–Kier alpha value is -1.88. The maximum absolute atomic E-state index is 12.6. The number of benzene rings is 1. The summed E-state index contributed by atoms with van der Waals surface area (Å²) in [5.74, 6) is 0.839. The lowest BCUT2D eigenvalue weighted by atomic mass is 10.1. The molecule has 1 N–H and O–H groups in total. The molecule has 0 saturated heterocycles. The molecule has 1 saturated carbocycles. The standard InChI is InChI=1S/C20H26N2O2S/c1-14-9-11-17(12-10-14)24-13-18-21-15(2)19(25-18)20(23)22-16-7-5-3-4-6-8-16/h9-12,16H,3-8,13H2,1-2H3,(H,22,23). The number of hydrogen-bond acceptors (Lipinski definition) is 4. The van der Waals surface area contributed by atoms with Crippen LogP contribution in [-0.4, -0.2) is 16.9 Å². The highest BCUT2D eigenvalue weighted by Gasteiger charge is 2.20. The molecular weight excluding hydrogens is 332 g/mol. The van der Waals surface area contributed by atoms with Crippen molar-refractivity contribution in [3.8, 4) is 5.75 Å². The number of nitrogens with one attached hydrogen (secondary N) is 1. The predicted molar refractivity (Wildman–Crippen MR) is 101 cm³/mol. The van der Waals surface area contributed by atoms with Gasteiger partial charge in [0.2, 0.25) is 0 Å². The minimum absolute atomic E-state index is 0.0171. The molecule has 25 heavy (non-hydrogen) atoms. The number of carbonyl (C=O) groups excluding carboxylic acids is 1. The van der Waals surface area contributed by atoms with Crippen molar-refractivity contribution in [2.24, 2.45) is 0 Å². The fraction of sp³-hybridized carbons (Fsp3) is 0.500. The molecule has 0 unspecified atom stereocenters. The van der Waals surface area contributed by atoms with Gasteiger partial charge in [0.1, 0.15) is 22.2 Å². The van der Waals surface area contributed by atoms with Crippen molar-refractivity contribution in [3.05, 3.63) is 45.4 Å². The maximum atomic E-state index is 12.6. The lowest BCUT2D eigenvalue weighted by molar-refractivity contribution is 0.0936. The highest BCUT2D eigenvalue weighted by atomic mass is 32.1. The van der Waals surface area contributed by atoms with E-state index in [-0.39, 0.29) is 5.91 Å². The van der Waals surface area contributed by atoms with E-state index >= 15 is 0 Å². The van der Waals surface area contributed by atoms with Gasteiger partial charge in [-0.1, -0.05) is 43.4 Å². The summed E-state index contributed by atoms with van der Waals surface area (Å²) in [7, 11) is 0. The van der Waals surface area contributed by atoms with Crippen molar-refractivity contribution >= 4 is 17.2 Å². The molecular formula is C20H26N2O2S. The van der Waals surface area contributed by atoms with E-state index < -0.39 is 0 Å². The molecule has 1 aliphatic rings. The van der Waals surface area contributed by atoms with E-state index in [9.17, 15) is 4.79 Å². The second kappa shape index (κ2) is 8.48. The van der Waals surface area contributed by atoms with Crippen LogP contribution in [0.2, 0.25) is 0 Å². The molecule has 0 spiro atoms. The minimum atomic E-state index is 0.0171. The third kappa shape index (κ3) is 5.05. The van der Waals surface area contributed by atoms with Crippen LogP contribution in [0.25, 0.3) is 0 Å². The number of amides is 1. The second-order valence-electron chi connectivity index (χ2n) is 6.79. The van der Waals surface area contributed by atoms with Crippen molar-refractivity contribution in [1.82, 2.24) is 10.3 Å². The number of hydrogen-bond donors (Lipinski definition) is 1. The normalized spacial score (nSPS) is 15.6. The van der Waals surface area contributed by atoms with E-state index in [1.54, 1.807) is 0 Å². The van der Waals surface area contributed by atoms with E-state index in [2.05, 4.69) is 10.3 Å². The first kappa shape index (κ1) is 17.9. The number of rotatable bonds is 5. The molecule has 1 heterocycles. The summed E-state index contributed by atoms with van der Waals surface area (Å²) < 4.78 is 5.78. The number of aryl methyl sites for hydroxylation is 2. The molecule has 5 heteroatoms. The number of nitrogens with zero attached hydrogens (tertiary/aromatic N) is 1. The smallest absolute Gasteiger partial charge is 0.263 e. The lowest BCUT2D eigenvalue weighted by Gasteiger charge is -2.15. The summed E-state index contributed by atoms with van der Waals surface area (Å²) in [4.78, 5) is 17.8. The topological polar surface area (TPSA) is 51.2 Å². The summed E-state index contributed by atoms with van der Waals surface area (Å²) in [5.41, 5.74) is 1.99. The number of aromatic nitrogens is 1. The molecule has 0 radical (unpaired) electrons. The van der Waals surface area contributed by atoms with Crippen LogP contribution in [0.1, 0.15) is 64.5 Å². The van der Waals surface area contributed by atoms with Crippen molar-refractivity contribution in [2.75, 3.05) is 0 Å². The zero-order valence-electron chi connectivity index (χ0n) is 15.0. The summed E-state index contributed by atoms with van der Waals surface area (Å²) in [6.07, 6.45) is 7.17. The lowest BCUT2D eigenvalue weighted by Crippen LogP contribution is -2.34. The molecule has 1 aromatic heterocycles. The third-order valence-electron chi connectivity index (χ3n) is 4.62. The van der Waals surface area contributed by atoms with Gasteiger partial charge in [-0.05, 0) is 38.8 Å². The average molecular weight is 359 g/mol. The van der Waals surface area contributed by atoms with Crippen LogP contribution in [-0.2, 0) is 6.61 Å². The van der Waals surface area contributed by atoms with Crippen LogP contribution in [0.4, 0.5) is 0 Å². The van der Waals surface area contributed by atoms with Gasteiger partial charge in [-0.25, -0.2) is 4.98 Å². The Balaban J connectivity index is 1.59. The van der Waals surface area contributed by atoms with E-state index in [4.69, 9.17) is 4.74 Å². The Morgan fingerprint density at radius 2 is 1.84 bits per heavy atom. The molecule has 134 valence electrons. The molecule has 0 aliphatic heterocycles. The van der Waals surface area contributed by atoms with Gasteiger partial charge in [0, 0.05) is 6.04 Å². The maximum Gasteiger partial charge on any atom is 0.263 e. The molecule has 1 amide bonds. The van der Waals surface area contributed by atoms with Gasteiger partial charge in [-0.3, -0.25) is 4.79 Å². The van der Waals surface area contributed by atoms with Gasteiger partial charge >= 0.3 is 0 Å². The van der Waals surface area contributed by atoms with Crippen LogP contribution in [0, 0.1) is 13.8 Å². The van der Waals surface area contributed by atoms with E-state index in [0.29, 0.717) is 17.5 Å². The molecule has 4 nitrogen and oxygen atoms in total. The van der Waals surface area contributed by atoms with Crippen molar-refractivity contribution in [2.45, 2.75) is 65.0 Å². The first-order valence-corrected chi connectivity index (χ1v) is 9.90. The van der Waals surface area contributed by atoms with E-state index in [1.165, 1.54) is 42.6 Å². The Morgan fingerprint density at radius 3 is 2.52 bits per heavy atom. The fourth-order valence-corrected chi connectivity index (χ4v) is 4.06. The molecule has 0 atom stereocenters. The first-order valence-electron chi connectivity index (χ1n) is 9.08. The highest BCUT2D eigenvalue weighted by molar-refractivity contribution is 7.13. The molecule has 1 aromatic carbocycles. The molecule has 1 aliphatic carbocycles. The number of thiazole rings is 1. The minimum Gasteiger partial charge on any atom is -0.486 e. The molecule has 1 fully saturated rings. The van der Waals surface area contributed by atoms with Gasteiger partial charge in [0.15, 0.2) is 0 Å². The SMILES string of the molecule is Cc1ccc(OCc2nc(C)c(C(=O)NC3CCCCCC3)s2)cc1. The zero-order chi connectivity index (χ0) is 17.6. The van der Waals surface area contributed by atoms with Crippen molar-refractivity contribution in [1.29, 1.82) is 0 Å². The second-order valence-corrected chi connectivity index (χ2v) is 7.87. The Bertz CT molecular complexity index is 701. The van der Waals surface area contributed by atoms with E-state index in [0.717, 1.165) is 29.3 Å². The Morgan fingerprint density at radius 1 is 1.16 bits per heavy atom. The zero-order valence-corrected chi connectivity index (χ0v) is 15.8. The summed E-state index contributed by atoms with van der Waals surface area (Å²) in [5, 5.41) is 4.04. The average Bonchev–Trinajstić information content (AvgIpc) is 2.80. The number of ether oxygens (including phenoxy) is 1. The van der Waals surface area contributed by atoms with Crippen molar-refractivity contribution in [3.63, 3.8) is 0 Å². The summed E-state index contributed by atoms with van der Waals surface area (Å²) >= 11 is 1.44. The van der Waals surface area contributed by atoms with Crippen molar-refractivity contribution < 1.29 is 9.53 Å². The van der Waals surface area contributed by atoms with Gasteiger partial charge in [0.05, 0.1) is 5.69 Å². The van der Waals surface area contributed by atoms with Crippen LogP contribution in [0.3, 0.4) is 0 Å². The molecule has 0 bridgehead atoms. The van der Waals surface area contributed by atoms with Crippen LogP contribution in [0.5, 0.6) is 5.75 Å². The van der Waals surface area contributed by atoms with Crippen LogP contribution >= 0.6 is 11.3 Å². The van der Waals surface area contributed by atoms with Crippen LogP contribution in [0.15, 0.2) is 24.3 Å². The monoisotopic (exact) mass is 358 g/mol. The predicted octanol–water partition coefficient (Wildman–Crippen LogP) is 4.79. The third-order valence-corrected chi connectivity index (χ3v) is 5.75. The largest absolute Gasteiger partial charge is 0.486 e. The van der Waals surface area contributed by atoms with Crippen LogP contribution < -0.4 is 10.1 Å². The number of carbonyl (C=O) groups is 1. The van der Waals surface area contributed by atoms with Gasteiger partial charge < -0.3 is 10.1 Å². The molecule has 2 aromatic rings. The Kier molecular flexibility index (Phi) is 6.08. The quantitative estimate of drug-likeness (QED) is 0.782. The van der Waals surface area contributed by atoms with E-state index in [1.807, 2.05) is 38.1 Å². The van der Waals surface area contributed by atoms with Gasteiger partial charge in [-0.2, -0.15) is 0 Å². The fourth-order valence-electron chi connectivity index (χ4n) is 3.18. The Labute approximate surface area is 153 Å². The van der Waals surface area contributed by atoms with Gasteiger partial charge in [0.25, 0.3) is 5.91 Å². The summed E-state index contributed by atoms with van der Waals surface area (Å²) in [6, 6.07) is 8.26. The first-order chi connectivity index (χ1) is 12.1.